The standard InChI is InChI=1S/C10H10FNO2.C8H5F3N4O/c1-6-4-7(11)10-8(5-6)14-3-2-9(13)12-10;9-8(10,11)4-2-1-3-5-13-7(6(12)16)14-15(4)5/h4-5H,2-3H2,1H3,(H,12,13);1-3H,(H2,12,16). The van der Waals surface area contributed by atoms with Crippen LogP contribution < -0.4 is 15.8 Å². The summed E-state index contributed by atoms with van der Waals surface area (Å²) in [5.41, 5.74) is 4.72. The first-order valence-electron chi connectivity index (χ1n) is 8.52. The van der Waals surface area contributed by atoms with Crippen LogP contribution in [0.2, 0.25) is 0 Å². The molecule has 0 radical (unpaired) electrons. The van der Waals surface area contributed by atoms with Crippen LogP contribution in [0.3, 0.4) is 0 Å². The molecule has 8 nitrogen and oxygen atoms in total. The largest absolute Gasteiger partial charge is 0.491 e. The first-order chi connectivity index (χ1) is 14.1. The fourth-order valence-corrected chi connectivity index (χ4v) is 2.63. The van der Waals surface area contributed by atoms with Crippen molar-refractivity contribution < 1.29 is 31.9 Å². The molecule has 3 N–H and O–H groups in total. The van der Waals surface area contributed by atoms with E-state index in [1.165, 1.54) is 18.2 Å². The highest BCUT2D eigenvalue weighted by atomic mass is 19.4. The Morgan fingerprint density at radius 2 is 2.03 bits per heavy atom. The Kier molecular flexibility index (Phi) is 5.58. The normalized spacial score (nSPS) is 13.4. The van der Waals surface area contributed by atoms with Gasteiger partial charge in [-0.05, 0) is 36.8 Å². The van der Waals surface area contributed by atoms with E-state index in [9.17, 15) is 27.2 Å². The summed E-state index contributed by atoms with van der Waals surface area (Å²) in [7, 11) is 0. The van der Waals surface area contributed by atoms with Crippen molar-refractivity contribution in [1.29, 1.82) is 0 Å². The first-order valence-corrected chi connectivity index (χ1v) is 8.52. The van der Waals surface area contributed by atoms with Crippen LogP contribution in [0.15, 0.2) is 30.3 Å². The minimum Gasteiger partial charge on any atom is -0.491 e. The second kappa shape index (κ2) is 7.97. The van der Waals surface area contributed by atoms with E-state index in [4.69, 9.17) is 10.5 Å². The van der Waals surface area contributed by atoms with E-state index < -0.39 is 29.4 Å². The molecule has 0 saturated carbocycles. The van der Waals surface area contributed by atoms with Gasteiger partial charge in [-0.25, -0.2) is 13.9 Å². The zero-order chi connectivity index (χ0) is 22.1. The Morgan fingerprint density at radius 1 is 1.30 bits per heavy atom. The second-order valence-electron chi connectivity index (χ2n) is 6.24. The highest BCUT2D eigenvalue weighted by Gasteiger charge is 2.34. The third-order valence-electron chi connectivity index (χ3n) is 3.92. The van der Waals surface area contributed by atoms with Crippen molar-refractivity contribution >= 4 is 23.1 Å². The molecule has 1 aromatic carbocycles. The lowest BCUT2D eigenvalue weighted by molar-refractivity contribution is -0.142. The van der Waals surface area contributed by atoms with E-state index in [1.54, 1.807) is 13.0 Å². The van der Waals surface area contributed by atoms with Crippen molar-refractivity contribution in [3.05, 3.63) is 53.2 Å². The number of nitrogens with one attached hydrogen (secondary N) is 1. The van der Waals surface area contributed by atoms with Crippen LogP contribution in [-0.4, -0.2) is 33.0 Å². The highest BCUT2D eigenvalue weighted by molar-refractivity contribution is 5.93. The third kappa shape index (κ3) is 4.47. The van der Waals surface area contributed by atoms with E-state index in [1.807, 2.05) is 0 Å². The van der Waals surface area contributed by atoms with Crippen molar-refractivity contribution in [2.45, 2.75) is 19.5 Å². The molecular weight excluding hydrogens is 410 g/mol. The number of nitrogens with zero attached hydrogens (tertiary/aromatic N) is 3. The number of aromatic nitrogens is 3. The molecule has 0 unspecified atom stereocenters. The minimum atomic E-state index is -4.57. The maximum Gasteiger partial charge on any atom is 0.433 e. The lowest BCUT2D eigenvalue weighted by atomic mass is 10.2. The number of hydrogen-bond acceptors (Lipinski definition) is 5. The molecular formula is C18H15F4N5O3. The topological polar surface area (TPSA) is 112 Å². The molecule has 12 heteroatoms. The number of anilines is 1. The SMILES string of the molecule is Cc1cc(F)c2c(c1)OCCC(=O)N2.NC(=O)c1nc2cccc(C(F)(F)F)n2n1. The number of fused-ring (bicyclic) bond motifs is 2. The van der Waals surface area contributed by atoms with Crippen molar-refractivity contribution in [2.24, 2.45) is 5.73 Å². The summed E-state index contributed by atoms with van der Waals surface area (Å²) in [6, 6.07) is 6.40. The maximum absolute atomic E-state index is 13.4. The first kappa shape index (κ1) is 21.0. The Labute approximate surface area is 166 Å². The molecule has 30 heavy (non-hydrogen) atoms. The van der Waals surface area contributed by atoms with Crippen LogP contribution in [0.5, 0.6) is 5.75 Å². The van der Waals surface area contributed by atoms with Gasteiger partial charge in [-0.3, -0.25) is 9.59 Å². The number of benzene rings is 1. The summed E-state index contributed by atoms with van der Waals surface area (Å²) in [6.45, 7) is 2.07. The van der Waals surface area contributed by atoms with Crippen LogP contribution in [0, 0.1) is 12.7 Å². The van der Waals surface area contributed by atoms with E-state index >= 15 is 0 Å². The third-order valence-corrected chi connectivity index (χ3v) is 3.92. The van der Waals surface area contributed by atoms with Gasteiger partial charge in [0, 0.05) is 0 Å². The Hall–Kier alpha value is -3.70. The number of pyridine rings is 1. The smallest absolute Gasteiger partial charge is 0.433 e. The number of hydrogen-bond donors (Lipinski definition) is 2. The summed E-state index contributed by atoms with van der Waals surface area (Å²) in [5.74, 6) is -1.68. The lowest BCUT2D eigenvalue weighted by Gasteiger charge is -2.08. The molecule has 0 bridgehead atoms. The molecule has 0 aliphatic carbocycles. The van der Waals surface area contributed by atoms with Gasteiger partial charge in [0.15, 0.2) is 11.5 Å². The number of aryl methyl sites for hydroxylation is 1. The molecule has 2 amide bonds. The minimum absolute atomic E-state index is 0.0800. The monoisotopic (exact) mass is 425 g/mol. The highest BCUT2D eigenvalue weighted by Crippen LogP contribution is 2.31. The lowest BCUT2D eigenvalue weighted by Crippen LogP contribution is -2.15. The number of carbonyl (C=O) groups is 2. The van der Waals surface area contributed by atoms with Gasteiger partial charge in [0.25, 0.3) is 5.91 Å². The van der Waals surface area contributed by atoms with Crippen LogP contribution in [0.4, 0.5) is 23.2 Å². The summed E-state index contributed by atoms with van der Waals surface area (Å²) < 4.78 is 56.8. The zero-order valence-corrected chi connectivity index (χ0v) is 15.5. The van der Waals surface area contributed by atoms with Crippen LogP contribution in [0.1, 0.15) is 28.3 Å². The van der Waals surface area contributed by atoms with Gasteiger partial charge < -0.3 is 15.8 Å². The fraction of sp³-hybridized carbons (Fsp3) is 0.222. The van der Waals surface area contributed by atoms with E-state index in [0.717, 1.165) is 11.6 Å². The molecule has 0 saturated heterocycles. The molecule has 0 fully saturated rings. The molecule has 1 aliphatic heterocycles. The average molecular weight is 425 g/mol. The maximum atomic E-state index is 13.4. The van der Waals surface area contributed by atoms with Crippen molar-refractivity contribution in [1.82, 2.24) is 14.6 Å². The number of ether oxygens (including phenoxy) is 1. The van der Waals surface area contributed by atoms with Gasteiger partial charge in [0.1, 0.15) is 17.1 Å². The summed E-state index contributed by atoms with van der Waals surface area (Å²) >= 11 is 0. The Bertz CT molecular complexity index is 1130. The van der Waals surface area contributed by atoms with E-state index in [-0.39, 0.29) is 23.7 Å². The Morgan fingerprint density at radius 3 is 2.70 bits per heavy atom. The molecule has 0 spiro atoms. The molecule has 3 heterocycles. The van der Waals surface area contributed by atoms with Gasteiger partial charge >= 0.3 is 6.18 Å². The van der Waals surface area contributed by atoms with E-state index in [0.29, 0.717) is 16.9 Å². The number of nitrogens with two attached hydrogens (primary N) is 1. The zero-order valence-electron chi connectivity index (χ0n) is 15.5. The molecule has 2 aromatic heterocycles. The Balaban J connectivity index is 0.000000172. The fourth-order valence-electron chi connectivity index (χ4n) is 2.63. The summed E-state index contributed by atoms with van der Waals surface area (Å²) in [6.07, 6.45) is -4.31. The van der Waals surface area contributed by atoms with E-state index in [2.05, 4.69) is 15.4 Å². The molecule has 0 atom stereocenters. The van der Waals surface area contributed by atoms with Crippen LogP contribution in [-0.2, 0) is 11.0 Å². The number of halogens is 4. The number of amides is 2. The van der Waals surface area contributed by atoms with Gasteiger partial charge in [-0.1, -0.05) is 6.07 Å². The molecule has 1 aliphatic rings. The predicted molar refractivity (Wildman–Crippen MR) is 96.4 cm³/mol. The van der Waals surface area contributed by atoms with Crippen molar-refractivity contribution in [2.75, 3.05) is 11.9 Å². The second-order valence-corrected chi connectivity index (χ2v) is 6.24. The van der Waals surface area contributed by atoms with Crippen LogP contribution in [0.25, 0.3) is 5.65 Å². The molecule has 158 valence electrons. The van der Waals surface area contributed by atoms with Crippen molar-refractivity contribution in [3.63, 3.8) is 0 Å². The quantitative estimate of drug-likeness (QED) is 0.583. The molecule has 3 aromatic rings. The number of alkyl halides is 3. The van der Waals surface area contributed by atoms with Gasteiger partial charge in [-0.2, -0.15) is 13.2 Å². The summed E-state index contributed by atoms with van der Waals surface area (Å²) in [5, 5.41) is 5.87. The summed E-state index contributed by atoms with van der Waals surface area (Å²) in [4.78, 5) is 25.4. The number of carbonyl (C=O) groups excluding carboxylic acids is 2. The van der Waals surface area contributed by atoms with Gasteiger partial charge in [0.2, 0.25) is 11.7 Å². The molecule has 4 rings (SSSR count). The number of rotatable bonds is 1. The average Bonchev–Trinajstić information content (AvgIpc) is 2.99. The van der Waals surface area contributed by atoms with Crippen molar-refractivity contribution in [3.8, 4) is 5.75 Å². The van der Waals surface area contributed by atoms with Gasteiger partial charge in [0.05, 0.1) is 13.0 Å². The number of primary amides is 1. The predicted octanol–water partition coefficient (Wildman–Crippen LogP) is 2.70. The van der Waals surface area contributed by atoms with Crippen LogP contribution >= 0.6 is 0 Å². The van der Waals surface area contributed by atoms with Gasteiger partial charge in [-0.15, -0.1) is 5.10 Å².